The number of nitrogens with zero attached hydrogens (tertiary/aromatic N) is 1. The molecule has 3 nitrogen and oxygen atoms in total. The summed E-state index contributed by atoms with van der Waals surface area (Å²) < 4.78 is 1.68. The van der Waals surface area contributed by atoms with Crippen LogP contribution in [0, 0.1) is 6.92 Å². The maximum Gasteiger partial charge on any atom is 0.270 e. The van der Waals surface area contributed by atoms with Crippen LogP contribution < -0.4 is 5.56 Å². The van der Waals surface area contributed by atoms with Gasteiger partial charge < -0.3 is 0 Å². The second-order valence-electron chi connectivity index (χ2n) is 6.03. The highest BCUT2D eigenvalue weighted by molar-refractivity contribution is 5.64. The number of benzene rings is 1. The number of hydrogen-bond donors (Lipinski definition) is 1. The Morgan fingerprint density at radius 3 is 2.47 bits per heavy atom. The van der Waals surface area contributed by atoms with Gasteiger partial charge in [-0.25, -0.2) is 0 Å². The molecule has 0 saturated heterocycles. The quantitative estimate of drug-likeness (QED) is 0.880. The lowest BCUT2D eigenvalue weighted by molar-refractivity contribution is 0.576. The van der Waals surface area contributed by atoms with Crippen LogP contribution in [-0.2, 0) is 12.0 Å². The summed E-state index contributed by atoms with van der Waals surface area (Å²) in [5, 5.41) is 3.25. The highest BCUT2D eigenvalue weighted by Crippen LogP contribution is 2.29. The van der Waals surface area contributed by atoms with Crippen molar-refractivity contribution in [3.63, 3.8) is 0 Å². The van der Waals surface area contributed by atoms with Crippen LogP contribution in [0.5, 0.6) is 0 Å². The minimum absolute atomic E-state index is 0.0894. The number of aryl methyl sites for hydroxylation is 2. The van der Waals surface area contributed by atoms with E-state index in [0.717, 1.165) is 16.8 Å². The summed E-state index contributed by atoms with van der Waals surface area (Å²) in [5.41, 5.74) is 4.00. The van der Waals surface area contributed by atoms with Gasteiger partial charge in [0.25, 0.3) is 5.56 Å². The Kier molecular flexibility index (Phi) is 3.40. The van der Waals surface area contributed by atoms with Crippen molar-refractivity contribution in [2.75, 3.05) is 0 Å². The highest BCUT2D eigenvalue weighted by atomic mass is 16.1. The lowest BCUT2D eigenvalue weighted by atomic mass is 9.85. The van der Waals surface area contributed by atoms with Crippen LogP contribution in [0.4, 0.5) is 0 Å². The molecule has 0 spiro atoms. The monoisotopic (exact) mass is 258 g/mol. The molecule has 3 heteroatoms. The van der Waals surface area contributed by atoms with Crippen molar-refractivity contribution in [1.29, 1.82) is 0 Å². The van der Waals surface area contributed by atoms with E-state index in [0.29, 0.717) is 6.54 Å². The third kappa shape index (κ3) is 2.50. The van der Waals surface area contributed by atoms with Crippen molar-refractivity contribution >= 4 is 0 Å². The maximum absolute atomic E-state index is 12.5. The minimum Gasteiger partial charge on any atom is -0.295 e. The summed E-state index contributed by atoms with van der Waals surface area (Å²) in [5.74, 6) is 0. The van der Waals surface area contributed by atoms with E-state index in [1.54, 1.807) is 4.68 Å². The highest BCUT2D eigenvalue weighted by Gasteiger charge is 2.26. The number of aromatic nitrogens is 2. The van der Waals surface area contributed by atoms with Crippen molar-refractivity contribution in [3.8, 4) is 11.3 Å². The van der Waals surface area contributed by atoms with E-state index in [-0.39, 0.29) is 11.0 Å². The molecular weight excluding hydrogens is 236 g/mol. The maximum atomic E-state index is 12.5. The Labute approximate surface area is 114 Å². The first kappa shape index (κ1) is 13.7. The van der Waals surface area contributed by atoms with E-state index in [1.165, 1.54) is 5.56 Å². The molecule has 0 bridgehead atoms. The lowest BCUT2D eigenvalue weighted by Gasteiger charge is -2.17. The van der Waals surface area contributed by atoms with Crippen molar-refractivity contribution in [2.24, 2.45) is 0 Å². The number of aromatic amines is 1. The average molecular weight is 258 g/mol. The molecule has 0 atom stereocenters. The van der Waals surface area contributed by atoms with E-state index < -0.39 is 0 Å². The van der Waals surface area contributed by atoms with Crippen LogP contribution in [0.3, 0.4) is 0 Å². The third-order valence-corrected chi connectivity index (χ3v) is 3.33. The largest absolute Gasteiger partial charge is 0.295 e. The fraction of sp³-hybridized carbons (Fsp3) is 0.438. The Hall–Kier alpha value is -1.77. The van der Waals surface area contributed by atoms with Gasteiger partial charge in [0.2, 0.25) is 0 Å². The van der Waals surface area contributed by atoms with Crippen LogP contribution >= 0.6 is 0 Å². The normalized spacial score (nSPS) is 11.8. The van der Waals surface area contributed by atoms with Gasteiger partial charge in [0.1, 0.15) is 0 Å². The summed E-state index contributed by atoms with van der Waals surface area (Å²) in [6, 6.07) is 8.25. The minimum atomic E-state index is -0.174. The second-order valence-corrected chi connectivity index (χ2v) is 6.03. The van der Waals surface area contributed by atoms with Crippen LogP contribution in [0.2, 0.25) is 0 Å². The topological polar surface area (TPSA) is 37.8 Å². The van der Waals surface area contributed by atoms with Crippen molar-refractivity contribution < 1.29 is 0 Å². The molecule has 1 aromatic heterocycles. The zero-order valence-corrected chi connectivity index (χ0v) is 12.4. The molecule has 1 heterocycles. The van der Waals surface area contributed by atoms with Gasteiger partial charge in [-0.1, -0.05) is 44.5 Å². The van der Waals surface area contributed by atoms with Gasteiger partial charge in [-0.15, -0.1) is 0 Å². The Morgan fingerprint density at radius 2 is 1.95 bits per heavy atom. The van der Waals surface area contributed by atoms with Crippen molar-refractivity contribution in [2.45, 2.75) is 46.6 Å². The van der Waals surface area contributed by atoms with Crippen LogP contribution in [-0.4, -0.2) is 9.78 Å². The Balaban J connectivity index is 2.73. The first-order chi connectivity index (χ1) is 8.84. The lowest BCUT2D eigenvalue weighted by Crippen LogP contribution is -2.25. The van der Waals surface area contributed by atoms with E-state index in [4.69, 9.17) is 0 Å². The first-order valence-corrected chi connectivity index (χ1v) is 6.75. The number of nitrogens with one attached hydrogen (secondary N) is 1. The number of H-pyrrole nitrogens is 1. The van der Waals surface area contributed by atoms with Gasteiger partial charge in [-0.3, -0.25) is 14.6 Å². The summed E-state index contributed by atoms with van der Waals surface area (Å²) in [6.07, 6.45) is 0. The Bertz CT molecular complexity index is 641. The average Bonchev–Trinajstić information content (AvgIpc) is 2.66. The zero-order valence-electron chi connectivity index (χ0n) is 12.4. The molecule has 1 aromatic carbocycles. The Morgan fingerprint density at radius 1 is 1.26 bits per heavy atom. The predicted molar refractivity (Wildman–Crippen MR) is 79.6 cm³/mol. The summed E-state index contributed by atoms with van der Waals surface area (Å²) in [7, 11) is 0. The molecule has 0 amide bonds. The second kappa shape index (κ2) is 4.72. The van der Waals surface area contributed by atoms with E-state index in [1.807, 2.05) is 19.1 Å². The summed E-state index contributed by atoms with van der Waals surface area (Å²) in [4.78, 5) is 12.5. The van der Waals surface area contributed by atoms with Crippen molar-refractivity contribution in [3.05, 3.63) is 45.7 Å². The molecule has 0 unspecified atom stereocenters. The fourth-order valence-electron chi connectivity index (χ4n) is 2.41. The standard InChI is InChI=1S/C16H22N2O/c1-6-18-15(19)13(16(3,4)5)14(17-18)12-9-7-8-11(2)10-12/h7-10,17H,6H2,1-5H3. The molecule has 1 N–H and O–H groups in total. The van der Waals surface area contributed by atoms with E-state index >= 15 is 0 Å². The third-order valence-electron chi connectivity index (χ3n) is 3.33. The van der Waals surface area contributed by atoms with Gasteiger partial charge in [-0.05, 0) is 25.3 Å². The van der Waals surface area contributed by atoms with Gasteiger partial charge >= 0.3 is 0 Å². The van der Waals surface area contributed by atoms with Gasteiger partial charge in [0.15, 0.2) is 0 Å². The molecule has 0 aliphatic carbocycles. The van der Waals surface area contributed by atoms with E-state index in [9.17, 15) is 4.79 Å². The van der Waals surface area contributed by atoms with Gasteiger partial charge in [0, 0.05) is 17.7 Å². The summed E-state index contributed by atoms with van der Waals surface area (Å²) in [6.45, 7) is 10.9. The fourth-order valence-corrected chi connectivity index (χ4v) is 2.41. The molecule has 0 aliphatic rings. The van der Waals surface area contributed by atoms with Crippen LogP contribution in [0.15, 0.2) is 29.1 Å². The van der Waals surface area contributed by atoms with Crippen molar-refractivity contribution in [1.82, 2.24) is 9.78 Å². The van der Waals surface area contributed by atoms with E-state index in [2.05, 4.69) is 44.9 Å². The SMILES string of the molecule is CCn1[nH]c(-c2cccc(C)c2)c(C(C)(C)C)c1=O. The van der Waals surface area contributed by atoms with Gasteiger partial charge in [-0.2, -0.15) is 0 Å². The molecule has 102 valence electrons. The molecule has 19 heavy (non-hydrogen) atoms. The molecular formula is C16H22N2O. The van der Waals surface area contributed by atoms with Crippen LogP contribution in [0.1, 0.15) is 38.8 Å². The molecule has 2 rings (SSSR count). The van der Waals surface area contributed by atoms with Crippen LogP contribution in [0.25, 0.3) is 11.3 Å². The molecule has 0 aliphatic heterocycles. The summed E-state index contributed by atoms with van der Waals surface area (Å²) >= 11 is 0. The first-order valence-electron chi connectivity index (χ1n) is 6.75. The zero-order chi connectivity index (χ0) is 14.2. The molecule has 0 saturated carbocycles. The number of rotatable bonds is 2. The molecule has 2 aromatic rings. The predicted octanol–water partition coefficient (Wildman–Crippen LogP) is 3.47. The smallest absolute Gasteiger partial charge is 0.270 e. The molecule has 0 radical (unpaired) electrons. The molecule has 0 fully saturated rings. The number of hydrogen-bond acceptors (Lipinski definition) is 1. The van der Waals surface area contributed by atoms with Gasteiger partial charge in [0.05, 0.1) is 5.69 Å².